The van der Waals surface area contributed by atoms with Gasteiger partial charge in [0.05, 0.1) is 12.2 Å². The molecule has 0 radical (unpaired) electrons. The van der Waals surface area contributed by atoms with Crippen LogP contribution in [0.25, 0.3) is 6.08 Å². The minimum Gasteiger partial charge on any atom is -0.463 e. The number of alkyl halides is 5. The second kappa shape index (κ2) is 15.2. The minimum atomic E-state index is -4.16. The number of benzene rings is 3. The molecular weight excluding hydrogens is 555 g/mol. The maximum absolute atomic E-state index is 14.7. The van der Waals surface area contributed by atoms with Crippen molar-refractivity contribution in [3.05, 3.63) is 95.1 Å². The number of anilines is 2. The van der Waals surface area contributed by atoms with Gasteiger partial charge in [-0.1, -0.05) is 36.8 Å². The summed E-state index contributed by atoms with van der Waals surface area (Å²) in [5, 5.41) is 0. The largest absolute Gasteiger partial charge is 0.463 e. The van der Waals surface area contributed by atoms with Gasteiger partial charge in [-0.2, -0.15) is 22.0 Å². The van der Waals surface area contributed by atoms with Crippen LogP contribution in [0.4, 0.5) is 33.3 Å². The molecule has 0 bridgehead atoms. The molecule has 0 unspecified atom stereocenters. The van der Waals surface area contributed by atoms with E-state index in [-0.39, 0.29) is 24.3 Å². The molecule has 5 nitrogen and oxygen atoms in total. The SMILES string of the molecule is Nc1ccc(CCCCOC(=O)/C=C/c2ccc(OC(F)(F)c3ccc(CCCCCC(F)(F)F)cc3)cc2)c(N)c1. The van der Waals surface area contributed by atoms with Gasteiger partial charge in [-0.15, -0.1) is 0 Å². The second-order valence-corrected chi connectivity index (χ2v) is 9.98. The van der Waals surface area contributed by atoms with E-state index in [0.717, 1.165) is 24.0 Å². The Bertz CT molecular complexity index is 1310. The third-order valence-corrected chi connectivity index (χ3v) is 6.51. The van der Waals surface area contributed by atoms with Gasteiger partial charge < -0.3 is 20.9 Å². The highest BCUT2D eigenvalue weighted by Crippen LogP contribution is 2.32. The summed E-state index contributed by atoms with van der Waals surface area (Å²) >= 11 is 0. The first-order valence-corrected chi connectivity index (χ1v) is 13.7. The number of nitrogen functional groups attached to an aromatic ring is 2. The Morgan fingerprint density at radius 2 is 1.48 bits per heavy atom. The molecule has 4 N–H and O–H groups in total. The average Bonchev–Trinajstić information content (AvgIpc) is 2.93. The number of aryl methyl sites for hydroxylation is 2. The van der Waals surface area contributed by atoms with Crippen molar-refractivity contribution in [2.45, 2.75) is 63.7 Å². The van der Waals surface area contributed by atoms with E-state index in [1.165, 1.54) is 60.7 Å². The van der Waals surface area contributed by atoms with Crippen LogP contribution in [0.3, 0.4) is 0 Å². The van der Waals surface area contributed by atoms with Gasteiger partial charge in [0.25, 0.3) is 0 Å². The fraction of sp³-hybridized carbons (Fsp3) is 0.344. The predicted octanol–water partition coefficient (Wildman–Crippen LogP) is 8.22. The molecule has 0 amide bonds. The number of unbranched alkanes of at least 4 members (excludes halogenated alkanes) is 3. The molecule has 0 aliphatic carbocycles. The molecule has 0 aliphatic rings. The zero-order valence-corrected chi connectivity index (χ0v) is 23.1. The molecule has 226 valence electrons. The van der Waals surface area contributed by atoms with Crippen molar-refractivity contribution < 1.29 is 36.2 Å². The van der Waals surface area contributed by atoms with E-state index in [2.05, 4.69) is 0 Å². The van der Waals surface area contributed by atoms with E-state index >= 15 is 0 Å². The zero-order chi connectivity index (χ0) is 30.6. The molecule has 3 rings (SSSR count). The number of rotatable bonds is 15. The lowest BCUT2D eigenvalue weighted by Crippen LogP contribution is -2.21. The van der Waals surface area contributed by atoms with Gasteiger partial charge in [-0.05, 0) is 97.7 Å². The molecule has 0 aromatic heterocycles. The van der Waals surface area contributed by atoms with Gasteiger partial charge >= 0.3 is 18.3 Å². The number of halogens is 5. The molecule has 3 aromatic rings. The second-order valence-electron chi connectivity index (χ2n) is 9.98. The summed E-state index contributed by atoms with van der Waals surface area (Å²) in [6.45, 7) is 0.253. The van der Waals surface area contributed by atoms with Crippen molar-refractivity contribution in [3.63, 3.8) is 0 Å². The summed E-state index contributed by atoms with van der Waals surface area (Å²) in [7, 11) is 0. The number of carbonyl (C=O) groups excluding carboxylic acids is 1. The first-order chi connectivity index (χ1) is 19.9. The number of esters is 1. The predicted molar refractivity (Wildman–Crippen MR) is 154 cm³/mol. The number of ether oxygens (including phenoxy) is 2. The first kappa shape index (κ1) is 32.4. The molecular formula is C32H35F5N2O3. The normalized spacial score (nSPS) is 12.0. The number of hydrogen-bond acceptors (Lipinski definition) is 5. The van der Waals surface area contributed by atoms with Gasteiger partial charge in [0.2, 0.25) is 0 Å². The van der Waals surface area contributed by atoms with Crippen LogP contribution < -0.4 is 16.2 Å². The summed E-state index contributed by atoms with van der Waals surface area (Å²) in [5.74, 6) is -0.575. The van der Waals surface area contributed by atoms with Gasteiger partial charge in [0.15, 0.2) is 0 Å². The van der Waals surface area contributed by atoms with E-state index in [1.54, 1.807) is 12.1 Å². The van der Waals surface area contributed by atoms with E-state index < -0.39 is 24.7 Å². The Morgan fingerprint density at radius 3 is 2.14 bits per heavy atom. The summed E-state index contributed by atoms with van der Waals surface area (Å²) < 4.78 is 76.1. The molecule has 0 fully saturated rings. The lowest BCUT2D eigenvalue weighted by molar-refractivity contribution is -0.185. The Labute approximate surface area is 242 Å². The number of carbonyl (C=O) groups is 1. The molecule has 0 spiro atoms. The minimum absolute atomic E-state index is 0.0509. The monoisotopic (exact) mass is 590 g/mol. The smallest absolute Gasteiger partial charge is 0.426 e. The van der Waals surface area contributed by atoms with Crippen molar-refractivity contribution in [2.75, 3.05) is 18.1 Å². The summed E-state index contributed by atoms with van der Waals surface area (Å²) in [6.07, 6.45) is -2.08. The molecule has 0 saturated heterocycles. The van der Waals surface area contributed by atoms with Crippen LogP contribution in [0.5, 0.6) is 5.75 Å². The molecule has 0 heterocycles. The third kappa shape index (κ3) is 11.4. The summed E-state index contributed by atoms with van der Waals surface area (Å²) in [6, 6.07) is 16.8. The van der Waals surface area contributed by atoms with Crippen LogP contribution in [0.2, 0.25) is 0 Å². The lowest BCUT2D eigenvalue weighted by atomic mass is 10.0. The fourth-order valence-electron chi connectivity index (χ4n) is 4.19. The maximum Gasteiger partial charge on any atom is 0.426 e. The van der Waals surface area contributed by atoms with Crippen molar-refractivity contribution in [2.24, 2.45) is 0 Å². The lowest BCUT2D eigenvalue weighted by Gasteiger charge is -2.18. The highest BCUT2D eigenvalue weighted by Gasteiger charge is 2.34. The van der Waals surface area contributed by atoms with Crippen molar-refractivity contribution in [1.29, 1.82) is 0 Å². The van der Waals surface area contributed by atoms with Crippen LogP contribution in [0.1, 0.15) is 60.8 Å². The molecule has 42 heavy (non-hydrogen) atoms. The van der Waals surface area contributed by atoms with Crippen molar-refractivity contribution >= 4 is 23.4 Å². The standard InChI is InChI=1S/C32H35F5N2O3/c33-31(34,35)20-4-1-2-6-23-8-14-26(15-9-23)32(36,37)42-28-17-10-24(11-18-28)12-19-30(40)41-21-5-3-7-25-13-16-27(38)22-29(25)39/h8-19,22H,1-7,20-21,38-39H2/b19-12+. The van der Waals surface area contributed by atoms with Crippen molar-refractivity contribution in [3.8, 4) is 5.75 Å². The maximum atomic E-state index is 14.7. The average molecular weight is 591 g/mol. The molecule has 10 heteroatoms. The Kier molecular flexibility index (Phi) is 11.8. The highest BCUT2D eigenvalue weighted by atomic mass is 19.4. The van der Waals surface area contributed by atoms with Gasteiger partial charge in [0, 0.05) is 23.9 Å². The zero-order valence-electron chi connectivity index (χ0n) is 23.1. The quantitative estimate of drug-likeness (QED) is 0.0612. The molecule has 0 aliphatic heterocycles. The summed E-state index contributed by atoms with van der Waals surface area (Å²) in [5.41, 5.74) is 14.9. The Balaban J connectivity index is 1.39. The molecule has 3 aromatic carbocycles. The topological polar surface area (TPSA) is 87.6 Å². The first-order valence-electron chi connectivity index (χ1n) is 13.7. The Hall–Kier alpha value is -4.08. The van der Waals surface area contributed by atoms with E-state index in [0.29, 0.717) is 42.6 Å². The summed E-state index contributed by atoms with van der Waals surface area (Å²) in [4.78, 5) is 12.0. The fourth-order valence-corrected chi connectivity index (χ4v) is 4.19. The van der Waals surface area contributed by atoms with Crippen LogP contribution in [0, 0.1) is 0 Å². The van der Waals surface area contributed by atoms with Crippen LogP contribution in [-0.4, -0.2) is 18.8 Å². The molecule has 0 saturated carbocycles. The van der Waals surface area contributed by atoms with E-state index in [4.69, 9.17) is 20.9 Å². The van der Waals surface area contributed by atoms with Gasteiger partial charge in [-0.3, -0.25) is 0 Å². The van der Waals surface area contributed by atoms with Crippen molar-refractivity contribution in [1.82, 2.24) is 0 Å². The highest BCUT2D eigenvalue weighted by molar-refractivity contribution is 5.87. The van der Waals surface area contributed by atoms with Crippen LogP contribution >= 0.6 is 0 Å². The molecule has 0 atom stereocenters. The van der Waals surface area contributed by atoms with E-state index in [1.807, 2.05) is 6.07 Å². The van der Waals surface area contributed by atoms with Gasteiger partial charge in [-0.25, -0.2) is 4.79 Å². The van der Waals surface area contributed by atoms with Gasteiger partial charge in [0.1, 0.15) is 5.75 Å². The van der Waals surface area contributed by atoms with Crippen LogP contribution in [-0.2, 0) is 28.5 Å². The Morgan fingerprint density at radius 1 is 0.786 bits per heavy atom. The number of nitrogens with two attached hydrogens (primary N) is 2. The van der Waals surface area contributed by atoms with E-state index in [9.17, 15) is 26.7 Å². The third-order valence-electron chi connectivity index (χ3n) is 6.51. The number of hydrogen-bond donors (Lipinski definition) is 2. The van der Waals surface area contributed by atoms with Crippen LogP contribution in [0.15, 0.2) is 72.8 Å².